The smallest absolute Gasteiger partial charge is 0.319 e. The molecule has 0 bridgehead atoms. The minimum atomic E-state index is -0.456. The molecule has 3 aromatic heterocycles. The number of hydrogen-bond donors (Lipinski definition) is 0. The van der Waals surface area contributed by atoms with E-state index in [9.17, 15) is 0 Å². The third-order valence-electron chi connectivity index (χ3n) is 10.1. The van der Waals surface area contributed by atoms with Crippen LogP contribution in [-0.2, 0) is 26.2 Å². The van der Waals surface area contributed by atoms with Crippen LogP contribution in [-0.4, -0.2) is 76.6 Å². The van der Waals surface area contributed by atoms with Crippen molar-refractivity contribution in [2.24, 2.45) is 0 Å². The van der Waals surface area contributed by atoms with Crippen LogP contribution in [0, 0.1) is 5.82 Å². The maximum Gasteiger partial charge on any atom is 0.319 e. The summed E-state index contributed by atoms with van der Waals surface area (Å²) in [6.07, 6.45) is 5.69. The molecule has 11 nitrogen and oxygen atoms in total. The average Bonchev–Trinajstić information content (AvgIpc) is 3.76. The summed E-state index contributed by atoms with van der Waals surface area (Å²) in [4.78, 5) is 21.4. The number of ether oxygens (including phenoxy) is 3. The van der Waals surface area contributed by atoms with Crippen LogP contribution >= 0.6 is 15.9 Å². The zero-order valence-corrected chi connectivity index (χ0v) is 31.0. The van der Waals surface area contributed by atoms with Gasteiger partial charge < -0.3 is 28.9 Å². The van der Waals surface area contributed by atoms with Gasteiger partial charge in [0.1, 0.15) is 35.3 Å². The summed E-state index contributed by atoms with van der Waals surface area (Å²) < 4.78 is 35.6. The monoisotopic (exact) mass is 766 g/mol. The third-order valence-corrected chi connectivity index (χ3v) is 10.9. The Kier molecular flexibility index (Phi) is 9.54. The molecule has 2 aliphatic heterocycles. The standard InChI is InChI=1S/C39H40BrFN8O3/c1-46-17-5-7-28(46)24-52-39-44-35-32-36-31(33(40)34(35)41)20-43-49(36)19-18-47(38(32)45-39)23-27-6-4-16-42-37(27)48(21-25-8-12-29(50-2)13-9-25)22-26-10-14-30(51-3)15-11-26/h4,6,8-16,20,28H,5,7,17-19,21-24H2,1-3H3/t28-/m0/s1. The summed E-state index contributed by atoms with van der Waals surface area (Å²) in [5, 5.41) is 5.96. The second kappa shape index (κ2) is 14.5. The maximum atomic E-state index is 16.2. The van der Waals surface area contributed by atoms with E-state index < -0.39 is 5.82 Å². The first kappa shape index (κ1) is 34.1. The Bertz CT molecular complexity index is 2170. The van der Waals surface area contributed by atoms with Gasteiger partial charge in [-0.3, -0.25) is 4.68 Å². The third kappa shape index (κ3) is 6.58. The number of benzene rings is 3. The highest BCUT2D eigenvalue weighted by Gasteiger charge is 2.29. The van der Waals surface area contributed by atoms with Gasteiger partial charge in [0.25, 0.3) is 0 Å². The summed E-state index contributed by atoms with van der Waals surface area (Å²) in [6.45, 7) is 4.30. The number of rotatable bonds is 12. The van der Waals surface area contributed by atoms with Crippen molar-refractivity contribution in [1.82, 2.24) is 29.6 Å². The number of halogens is 2. The topological polar surface area (TPSA) is 93.9 Å². The average molecular weight is 768 g/mol. The lowest BCUT2D eigenvalue weighted by molar-refractivity contribution is 0.188. The number of anilines is 2. The summed E-state index contributed by atoms with van der Waals surface area (Å²) in [5.74, 6) is 2.61. The normalized spacial score (nSPS) is 15.8. The van der Waals surface area contributed by atoms with Crippen LogP contribution < -0.4 is 24.0 Å². The fourth-order valence-electron chi connectivity index (χ4n) is 7.29. The Morgan fingerprint density at radius 1 is 0.923 bits per heavy atom. The Balaban J connectivity index is 1.19. The zero-order chi connectivity index (χ0) is 35.8. The van der Waals surface area contributed by atoms with Gasteiger partial charge in [-0.2, -0.15) is 15.1 Å². The molecule has 3 aromatic carbocycles. The first-order chi connectivity index (χ1) is 25.4. The van der Waals surface area contributed by atoms with E-state index in [2.05, 4.69) is 78.1 Å². The lowest BCUT2D eigenvalue weighted by Gasteiger charge is -2.29. The second-order valence-corrected chi connectivity index (χ2v) is 14.2. The van der Waals surface area contributed by atoms with E-state index in [-0.39, 0.29) is 17.6 Å². The quantitative estimate of drug-likeness (QED) is 0.130. The van der Waals surface area contributed by atoms with Gasteiger partial charge in [-0.15, -0.1) is 0 Å². The molecule has 268 valence electrons. The molecule has 0 aliphatic carbocycles. The largest absolute Gasteiger partial charge is 0.497 e. The zero-order valence-electron chi connectivity index (χ0n) is 29.4. The van der Waals surface area contributed by atoms with Crippen molar-refractivity contribution >= 4 is 49.4 Å². The second-order valence-electron chi connectivity index (χ2n) is 13.4. The maximum absolute atomic E-state index is 16.2. The molecule has 13 heteroatoms. The van der Waals surface area contributed by atoms with Crippen molar-refractivity contribution in [1.29, 1.82) is 0 Å². The molecular formula is C39H40BrFN8O3. The van der Waals surface area contributed by atoms with Crippen LogP contribution in [0.25, 0.3) is 21.8 Å². The van der Waals surface area contributed by atoms with E-state index in [0.717, 1.165) is 58.9 Å². The van der Waals surface area contributed by atoms with E-state index >= 15 is 4.39 Å². The molecule has 52 heavy (non-hydrogen) atoms. The summed E-state index contributed by atoms with van der Waals surface area (Å²) >= 11 is 3.50. The molecule has 1 saturated heterocycles. The van der Waals surface area contributed by atoms with Crippen molar-refractivity contribution in [3.8, 4) is 17.5 Å². The van der Waals surface area contributed by atoms with Crippen LogP contribution in [0.1, 0.15) is 29.5 Å². The van der Waals surface area contributed by atoms with Crippen molar-refractivity contribution in [3.63, 3.8) is 0 Å². The highest BCUT2D eigenvalue weighted by molar-refractivity contribution is 9.10. The molecular weight excluding hydrogens is 727 g/mol. The molecule has 0 spiro atoms. The molecule has 0 radical (unpaired) electrons. The lowest BCUT2D eigenvalue weighted by Crippen LogP contribution is -2.31. The Labute approximate surface area is 310 Å². The summed E-state index contributed by atoms with van der Waals surface area (Å²) in [5.41, 5.74) is 4.24. The molecule has 0 unspecified atom stereocenters. The fourth-order valence-corrected chi connectivity index (χ4v) is 7.77. The molecule has 0 saturated carbocycles. The molecule has 0 amide bonds. The van der Waals surface area contributed by atoms with Gasteiger partial charge >= 0.3 is 6.01 Å². The van der Waals surface area contributed by atoms with Gasteiger partial charge in [-0.05, 0) is 83.8 Å². The van der Waals surface area contributed by atoms with Crippen LogP contribution in [0.15, 0.2) is 77.5 Å². The number of likely N-dealkylation sites (N-methyl/N-ethyl adjacent to an activating group) is 1. The van der Waals surface area contributed by atoms with Gasteiger partial charge in [0.2, 0.25) is 0 Å². The number of nitrogens with zero attached hydrogens (tertiary/aromatic N) is 8. The predicted molar refractivity (Wildman–Crippen MR) is 203 cm³/mol. The first-order valence-corrected chi connectivity index (χ1v) is 18.3. The number of aromatic nitrogens is 5. The van der Waals surface area contributed by atoms with E-state index in [4.69, 9.17) is 24.2 Å². The van der Waals surface area contributed by atoms with E-state index in [1.54, 1.807) is 20.4 Å². The van der Waals surface area contributed by atoms with Gasteiger partial charge in [-0.1, -0.05) is 30.3 Å². The van der Waals surface area contributed by atoms with Crippen LogP contribution in [0.4, 0.5) is 16.0 Å². The van der Waals surface area contributed by atoms with E-state index in [0.29, 0.717) is 60.4 Å². The van der Waals surface area contributed by atoms with Crippen molar-refractivity contribution in [2.75, 3.05) is 50.8 Å². The number of pyridine rings is 1. The first-order valence-electron chi connectivity index (χ1n) is 17.5. The van der Waals surface area contributed by atoms with Gasteiger partial charge in [0.05, 0.1) is 42.3 Å². The number of hydrogen-bond acceptors (Lipinski definition) is 10. The lowest BCUT2D eigenvalue weighted by atomic mass is 10.1. The summed E-state index contributed by atoms with van der Waals surface area (Å²) in [6, 6.07) is 20.7. The number of likely N-dealkylation sites (tertiary alicyclic amines) is 1. The van der Waals surface area contributed by atoms with Gasteiger partial charge in [0, 0.05) is 49.4 Å². The Morgan fingerprint density at radius 3 is 2.29 bits per heavy atom. The Hall–Kier alpha value is -5.01. The molecule has 0 N–H and O–H groups in total. The summed E-state index contributed by atoms with van der Waals surface area (Å²) in [7, 11) is 5.44. The predicted octanol–water partition coefficient (Wildman–Crippen LogP) is 6.99. The van der Waals surface area contributed by atoms with Crippen LogP contribution in [0.2, 0.25) is 0 Å². The van der Waals surface area contributed by atoms with Gasteiger partial charge in [-0.25, -0.2) is 9.37 Å². The Morgan fingerprint density at radius 2 is 1.63 bits per heavy atom. The van der Waals surface area contributed by atoms with Crippen molar-refractivity contribution in [2.45, 2.75) is 45.1 Å². The molecule has 5 heterocycles. The molecule has 1 atom stereocenters. The van der Waals surface area contributed by atoms with Crippen molar-refractivity contribution < 1.29 is 18.6 Å². The van der Waals surface area contributed by atoms with Crippen LogP contribution in [0.5, 0.6) is 17.5 Å². The molecule has 2 aliphatic rings. The molecule has 1 fully saturated rings. The molecule has 8 rings (SSSR count). The SMILES string of the molecule is COc1ccc(CN(Cc2ccc(OC)cc2)c2ncccc2CN2CCn3ncc4c(Br)c(F)c5nc(OC[C@@H]6CCCN6C)nc2c5c43)cc1. The van der Waals surface area contributed by atoms with Crippen LogP contribution in [0.3, 0.4) is 0 Å². The minimum Gasteiger partial charge on any atom is -0.497 e. The highest BCUT2D eigenvalue weighted by atomic mass is 79.9. The van der Waals surface area contributed by atoms with Crippen molar-refractivity contribution in [3.05, 3.63) is 100 Å². The van der Waals surface area contributed by atoms with Gasteiger partial charge in [0.15, 0.2) is 5.82 Å². The van der Waals surface area contributed by atoms with E-state index in [1.807, 2.05) is 41.2 Å². The minimum absolute atomic E-state index is 0.165. The fraction of sp³-hybridized carbons (Fsp3) is 0.333. The van der Waals surface area contributed by atoms with E-state index in [1.165, 1.54) is 0 Å². The highest BCUT2D eigenvalue weighted by Crippen LogP contribution is 2.41. The molecule has 6 aromatic rings. The number of methoxy groups -OCH3 is 2.